The minimum Gasteiger partial charge on any atom is -0.593 e. The largest absolute Gasteiger partial charge is 0.593 e. The lowest BCUT2D eigenvalue weighted by Gasteiger charge is -2.37. The van der Waals surface area contributed by atoms with Crippen LogP contribution in [0.25, 0.3) is 33.3 Å². The number of aromatic nitrogens is 2. The van der Waals surface area contributed by atoms with E-state index in [1.165, 1.54) is 17.1 Å². The van der Waals surface area contributed by atoms with Crippen LogP contribution in [0.4, 0.5) is 8.78 Å². The van der Waals surface area contributed by atoms with Gasteiger partial charge in [0.15, 0.2) is 10.9 Å². The van der Waals surface area contributed by atoms with E-state index in [0.29, 0.717) is 79.5 Å². The molecule has 6 bridgehead atoms. The zero-order valence-corrected chi connectivity index (χ0v) is 49.7. The summed E-state index contributed by atoms with van der Waals surface area (Å²) in [5.41, 5.74) is 9.58. The lowest BCUT2D eigenvalue weighted by molar-refractivity contribution is -0.155. The van der Waals surface area contributed by atoms with Crippen LogP contribution < -0.4 is 10.7 Å². The molecule has 3 aromatic carbocycles. The molecule has 9 atom stereocenters. The Kier molecular flexibility index (Phi) is 16.2. The fourth-order valence-electron chi connectivity index (χ4n) is 14.7. The van der Waals surface area contributed by atoms with E-state index in [4.69, 9.17) is 14.5 Å². The highest BCUT2D eigenvalue weighted by Gasteiger charge is 2.67. The Morgan fingerprint density at radius 1 is 0.940 bits per heavy atom. The Morgan fingerprint density at radius 2 is 1.71 bits per heavy atom. The van der Waals surface area contributed by atoms with Gasteiger partial charge in [0.2, 0.25) is 11.8 Å². The van der Waals surface area contributed by atoms with Crippen molar-refractivity contribution in [3.8, 4) is 22.4 Å². The van der Waals surface area contributed by atoms with Gasteiger partial charge >= 0.3 is 5.97 Å². The molecule has 15 nitrogen and oxygen atoms in total. The molecule has 3 amide bonds. The number of methoxy groups -OCH3 is 1. The molecule has 2 aromatic heterocycles. The number of rotatable bonds is 13. The number of esters is 1. The van der Waals surface area contributed by atoms with Gasteiger partial charge in [0.1, 0.15) is 12.1 Å². The number of hydrogen-bond acceptors (Lipinski definition) is 11. The zero-order valence-electron chi connectivity index (χ0n) is 48.8. The maximum atomic E-state index is 15.4. The van der Waals surface area contributed by atoms with Crippen LogP contribution in [-0.4, -0.2) is 134 Å². The summed E-state index contributed by atoms with van der Waals surface area (Å²) in [6.45, 7) is 13.6. The van der Waals surface area contributed by atoms with Crippen molar-refractivity contribution in [2.24, 2.45) is 22.7 Å². The number of nitrogens with zero attached hydrogens (tertiary/aromatic N) is 6. The van der Waals surface area contributed by atoms with Crippen molar-refractivity contribution in [2.75, 3.05) is 46.4 Å². The summed E-state index contributed by atoms with van der Waals surface area (Å²) in [5.74, 6) is -0.797. The number of nitrogens with one attached hydrogen (secondary N) is 2. The number of ether oxygens (including phenoxy) is 2. The molecular weight excluding hydrogens is 1070 g/mol. The molecule has 2 saturated carbocycles. The molecule has 83 heavy (non-hydrogen) atoms. The van der Waals surface area contributed by atoms with Gasteiger partial charge in [-0.15, -0.1) is 4.31 Å². The highest BCUT2D eigenvalue weighted by Crippen LogP contribution is 2.52. The molecule has 0 radical (unpaired) electrons. The number of alkyl halides is 2. The van der Waals surface area contributed by atoms with Gasteiger partial charge in [-0.1, -0.05) is 62.6 Å². The number of hydrogen-bond donors (Lipinski definition) is 2. The number of fused-ring (bicyclic) bond motifs is 6. The van der Waals surface area contributed by atoms with E-state index in [-0.39, 0.29) is 60.4 Å². The summed E-state index contributed by atoms with van der Waals surface area (Å²) < 4.78 is 60.8. The van der Waals surface area contributed by atoms with E-state index in [9.17, 15) is 14.1 Å². The summed E-state index contributed by atoms with van der Waals surface area (Å²) in [5, 5.41) is 5.59. The molecule has 5 aromatic rings. The molecule has 442 valence electrons. The number of halogens is 2. The summed E-state index contributed by atoms with van der Waals surface area (Å²) in [4.78, 5) is 69.2. The highest BCUT2D eigenvalue weighted by atomic mass is 32.2. The Balaban J connectivity index is 0.858. The number of aryl methyl sites for hydroxylation is 2. The van der Waals surface area contributed by atoms with Gasteiger partial charge in [-0.05, 0) is 162 Å². The van der Waals surface area contributed by atoms with Gasteiger partial charge in [-0.2, -0.15) is 0 Å². The van der Waals surface area contributed by atoms with Crippen LogP contribution in [0.5, 0.6) is 0 Å². The number of carbonyl (C=O) groups excluding carboxylic acids is 4. The Labute approximate surface area is 489 Å². The van der Waals surface area contributed by atoms with Crippen molar-refractivity contribution in [2.45, 2.75) is 166 Å². The number of benzene rings is 3. The van der Waals surface area contributed by atoms with Crippen molar-refractivity contribution < 1.29 is 42.0 Å². The first-order valence-electron chi connectivity index (χ1n) is 30.3. The third-order valence-corrected chi connectivity index (χ3v) is 20.8. The number of cyclic esters (lactones) is 1. The normalized spacial score (nSPS) is 27.0. The standard InChI is InChI=1S/C65H80F2N8O7S/c1-7-73-53-23-20-44-34-49(53)50(57(73)48-14-10-26-68-54(48)40(3)81-6)35-64(4,5)38-82-63(79)51-15-11-27-74(70-51)61(77)52(32-41-30-45(44)33-46(31-41)59(66)67)69-60(76)56(42-12-8-9-13-42)71-28-24-65(36-71)25-29-72(37-65)62(78)58-55(43-18-19-43)75(58)83(80)47-21-16-39(2)17-22-47/h10,14,16-17,20-23,26,30-31,33-34,40,42-43,51-52,55-56,58-59,70H,7-9,11-13,15,18-19,24-25,27-29,32,35-38H2,1-6H3,(H,69,76)/t40-,51-,52-,55+,56-,58+,65-,75?,83?/m0/s1. The molecule has 7 heterocycles. The average molecular weight is 1160 g/mol. The smallest absolute Gasteiger partial charge is 0.324 e. The zero-order chi connectivity index (χ0) is 58.1. The molecule has 1 spiro atoms. The highest BCUT2D eigenvalue weighted by molar-refractivity contribution is 7.89. The Hall–Kier alpha value is -5.76. The lowest BCUT2D eigenvalue weighted by atomic mass is 9.84. The molecule has 5 aliphatic heterocycles. The first-order chi connectivity index (χ1) is 39.9. The molecule has 12 rings (SSSR count). The van der Waals surface area contributed by atoms with Crippen molar-refractivity contribution in [3.05, 3.63) is 107 Å². The van der Waals surface area contributed by atoms with E-state index in [1.54, 1.807) is 13.3 Å². The molecule has 2 N–H and O–H groups in total. The molecule has 4 saturated heterocycles. The van der Waals surface area contributed by atoms with Crippen molar-refractivity contribution in [1.29, 1.82) is 0 Å². The van der Waals surface area contributed by atoms with Gasteiger partial charge < -0.3 is 28.8 Å². The minimum atomic E-state index is -2.83. The maximum Gasteiger partial charge on any atom is 0.324 e. The van der Waals surface area contributed by atoms with Gasteiger partial charge in [-0.25, -0.2) is 14.2 Å². The van der Waals surface area contributed by atoms with E-state index < -0.39 is 59.2 Å². The van der Waals surface area contributed by atoms with Crippen molar-refractivity contribution >= 4 is 46.0 Å². The maximum absolute atomic E-state index is 15.4. The minimum absolute atomic E-state index is 0.0240. The first kappa shape index (κ1) is 57.7. The van der Waals surface area contributed by atoms with Crippen molar-refractivity contribution in [3.63, 3.8) is 0 Å². The third kappa shape index (κ3) is 11.5. The van der Waals surface area contributed by atoms with Crippen LogP contribution in [0.1, 0.15) is 132 Å². The quantitative estimate of drug-likeness (QED) is 0.0656. The molecule has 7 aliphatic rings. The summed E-state index contributed by atoms with van der Waals surface area (Å²) >= 11 is -1.44. The number of amides is 3. The third-order valence-electron chi connectivity index (χ3n) is 19.3. The van der Waals surface area contributed by atoms with Gasteiger partial charge in [-0.3, -0.25) is 34.1 Å². The fourth-order valence-corrected chi connectivity index (χ4v) is 16.2. The predicted octanol–water partition coefficient (Wildman–Crippen LogP) is 9.66. The monoisotopic (exact) mass is 1150 g/mol. The SMILES string of the molecule is CCn1c(-c2cccnc2[C@H](C)OC)c2c3cc(ccc31)-c1cc(cc(C(F)F)c1)C[C@H](NC(=O)[C@H](C1CCCC1)N1CC[C@]3(CCN(C(=O)[C@H]4[C@@H](C5CC5)N4[S+]([O-])c4ccc(C)cc4)C3)C1)C(=O)N1CCC[C@H](N1)C(=O)OCC(C)(C)C2. The fraction of sp³-hybridized carbons (Fsp3) is 0.554. The van der Waals surface area contributed by atoms with Crippen LogP contribution >= 0.6 is 0 Å². The second kappa shape index (κ2) is 23.3. The summed E-state index contributed by atoms with van der Waals surface area (Å²) in [7, 11) is 1.66. The van der Waals surface area contributed by atoms with Crippen LogP contribution in [0.3, 0.4) is 0 Å². The summed E-state index contributed by atoms with van der Waals surface area (Å²) in [6, 6.07) is 19.5. The number of pyridine rings is 1. The van der Waals surface area contributed by atoms with Crippen LogP contribution in [0.2, 0.25) is 0 Å². The molecule has 2 aliphatic carbocycles. The van der Waals surface area contributed by atoms with E-state index >= 15 is 18.4 Å². The van der Waals surface area contributed by atoms with E-state index in [2.05, 4.69) is 53.1 Å². The molecule has 6 fully saturated rings. The van der Waals surface area contributed by atoms with E-state index in [0.717, 1.165) is 90.3 Å². The number of carbonyl (C=O) groups is 4. The van der Waals surface area contributed by atoms with Gasteiger partial charge in [0.25, 0.3) is 12.3 Å². The summed E-state index contributed by atoms with van der Waals surface area (Å²) in [6.07, 6.45) is 7.26. The van der Waals surface area contributed by atoms with Crippen LogP contribution in [-0.2, 0) is 59.4 Å². The molecule has 2 unspecified atom stereocenters. The van der Waals surface area contributed by atoms with Crippen molar-refractivity contribution in [1.82, 2.24) is 39.4 Å². The average Bonchev–Trinajstić information content (AvgIpc) is 2.30. The molecular formula is C65H80F2N8O7S. The van der Waals surface area contributed by atoms with Gasteiger partial charge in [0, 0.05) is 85.3 Å². The Morgan fingerprint density at radius 3 is 2.45 bits per heavy atom. The second-order valence-corrected chi connectivity index (χ2v) is 27.2. The van der Waals surface area contributed by atoms with E-state index in [1.807, 2.05) is 71.6 Å². The van der Waals surface area contributed by atoms with Gasteiger partial charge in [0.05, 0.1) is 47.5 Å². The predicted molar refractivity (Wildman–Crippen MR) is 314 cm³/mol. The Bertz CT molecular complexity index is 3270. The van der Waals surface area contributed by atoms with Crippen LogP contribution in [0, 0.1) is 29.6 Å². The number of hydrazine groups is 1. The molecule has 18 heteroatoms. The second-order valence-electron chi connectivity index (χ2n) is 25.8. The topological polar surface area (TPSA) is 164 Å². The van der Waals surface area contributed by atoms with Crippen LogP contribution in [0.15, 0.2) is 83.9 Å². The lowest BCUT2D eigenvalue weighted by Crippen LogP contribution is -2.62. The first-order valence-corrected chi connectivity index (χ1v) is 31.4. The number of likely N-dealkylation sites (tertiary alicyclic amines) is 2.